The van der Waals surface area contributed by atoms with Crippen LogP contribution in [0.3, 0.4) is 0 Å². The molecule has 4 rings (SSSR count). The largest absolute Gasteiger partial charge is 0.506 e. The molecule has 5 nitrogen and oxygen atoms in total. The minimum atomic E-state index is -0.453. The summed E-state index contributed by atoms with van der Waals surface area (Å²) >= 11 is 8.95. The maximum absolute atomic E-state index is 12.7. The molecule has 30 heavy (non-hydrogen) atoms. The zero-order chi connectivity index (χ0) is 21.3. The third-order valence-electron chi connectivity index (χ3n) is 4.57. The maximum Gasteiger partial charge on any atom is 0.237 e. The third-order valence-corrected chi connectivity index (χ3v) is 6.91. The van der Waals surface area contributed by atoms with Gasteiger partial charge in [0, 0.05) is 15.5 Å². The summed E-state index contributed by atoms with van der Waals surface area (Å²) in [5, 5.41) is 14.4. The van der Waals surface area contributed by atoms with E-state index in [0.29, 0.717) is 5.02 Å². The highest BCUT2D eigenvalue weighted by atomic mass is 35.5. The number of halogens is 1. The van der Waals surface area contributed by atoms with Crippen molar-refractivity contribution >= 4 is 56.5 Å². The quantitative estimate of drug-likeness (QED) is 0.214. The number of anilines is 1. The van der Waals surface area contributed by atoms with Crippen molar-refractivity contribution in [3.8, 4) is 16.9 Å². The predicted molar refractivity (Wildman–Crippen MR) is 125 cm³/mol. The normalized spacial score (nSPS) is 12.1. The zero-order valence-electron chi connectivity index (χ0n) is 16.2. The van der Waals surface area contributed by atoms with E-state index in [9.17, 15) is 9.90 Å². The number of nitrogens with one attached hydrogen (secondary N) is 1. The molecule has 0 saturated heterocycles. The van der Waals surface area contributed by atoms with Gasteiger partial charge in [-0.1, -0.05) is 53.7 Å². The Labute approximate surface area is 187 Å². The number of thiophene rings is 1. The monoisotopic (exact) mass is 455 g/mol. The Balaban J connectivity index is 1.65. The smallest absolute Gasteiger partial charge is 0.237 e. The fraction of sp³-hybridized carbons (Fsp3) is 0.136. The van der Waals surface area contributed by atoms with Crippen molar-refractivity contribution in [1.82, 2.24) is 9.97 Å². The van der Waals surface area contributed by atoms with Crippen molar-refractivity contribution < 1.29 is 9.90 Å². The average Bonchev–Trinajstić information content (AvgIpc) is 3.08. The number of fused-ring (bicyclic) bond motifs is 1. The Hall–Kier alpha value is -2.61. The van der Waals surface area contributed by atoms with Gasteiger partial charge in [0.2, 0.25) is 5.91 Å². The molecule has 0 fully saturated rings. The molecule has 0 spiro atoms. The number of rotatable bonds is 5. The summed E-state index contributed by atoms with van der Waals surface area (Å²) < 4.78 is 0. The topological polar surface area (TPSA) is 75.1 Å². The van der Waals surface area contributed by atoms with E-state index in [2.05, 4.69) is 34.3 Å². The van der Waals surface area contributed by atoms with Gasteiger partial charge in [-0.05, 0) is 37.6 Å². The summed E-state index contributed by atoms with van der Waals surface area (Å²) in [7, 11) is 0. The lowest BCUT2D eigenvalue weighted by Crippen LogP contribution is -2.22. The maximum atomic E-state index is 12.7. The lowest BCUT2D eigenvalue weighted by Gasteiger charge is -2.13. The Morgan fingerprint density at radius 1 is 1.20 bits per heavy atom. The molecule has 1 amide bonds. The molecule has 1 unspecified atom stereocenters. The summed E-state index contributed by atoms with van der Waals surface area (Å²) in [5.41, 5.74) is 2.47. The highest BCUT2D eigenvalue weighted by Gasteiger charge is 2.22. The lowest BCUT2D eigenvalue weighted by molar-refractivity contribution is -0.115. The van der Waals surface area contributed by atoms with Crippen LogP contribution in [0, 0.1) is 6.92 Å². The molecule has 152 valence electrons. The van der Waals surface area contributed by atoms with E-state index in [1.807, 2.05) is 18.2 Å². The minimum Gasteiger partial charge on any atom is -0.506 e. The molecule has 0 aliphatic heterocycles. The van der Waals surface area contributed by atoms with Gasteiger partial charge < -0.3 is 10.4 Å². The molecule has 1 atom stereocenters. The number of benzene rings is 2. The molecule has 0 radical (unpaired) electrons. The van der Waals surface area contributed by atoms with E-state index in [1.165, 1.54) is 30.2 Å². The van der Waals surface area contributed by atoms with Gasteiger partial charge in [0.15, 0.2) is 0 Å². The number of thioether (sulfide) groups is 1. The number of phenols is 1. The molecule has 2 heterocycles. The fourth-order valence-electron chi connectivity index (χ4n) is 3.12. The van der Waals surface area contributed by atoms with Crippen molar-refractivity contribution in [1.29, 1.82) is 0 Å². The number of amides is 1. The number of hydrogen-bond acceptors (Lipinski definition) is 6. The molecule has 0 aliphatic carbocycles. The molecular formula is C22H18ClN3O2S2. The number of aryl methyl sites for hydroxylation is 1. The first-order chi connectivity index (χ1) is 14.4. The zero-order valence-corrected chi connectivity index (χ0v) is 18.6. The second kappa shape index (κ2) is 8.63. The van der Waals surface area contributed by atoms with Gasteiger partial charge in [-0.25, -0.2) is 9.97 Å². The van der Waals surface area contributed by atoms with Crippen molar-refractivity contribution in [3.63, 3.8) is 0 Å². The molecule has 2 N–H and O–H groups in total. The number of carbonyl (C=O) groups is 1. The van der Waals surface area contributed by atoms with E-state index in [4.69, 9.17) is 11.6 Å². The number of carbonyl (C=O) groups excluding carboxylic acids is 1. The van der Waals surface area contributed by atoms with Gasteiger partial charge in [0.05, 0.1) is 16.3 Å². The average molecular weight is 456 g/mol. The van der Waals surface area contributed by atoms with Gasteiger partial charge in [-0.2, -0.15) is 0 Å². The summed E-state index contributed by atoms with van der Waals surface area (Å²) in [5.74, 6) is -0.285. The van der Waals surface area contributed by atoms with Gasteiger partial charge in [-0.15, -0.1) is 11.3 Å². The SMILES string of the molecule is Cc1sc2ncnc(SC(C)C(=O)Nc3cc(Cl)ccc3O)c2c1-c1ccccc1. The van der Waals surface area contributed by atoms with Crippen LogP contribution >= 0.6 is 34.7 Å². The molecule has 8 heteroatoms. The van der Waals surface area contributed by atoms with Gasteiger partial charge in [0.1, 0.15) is 21.9 Å². The van der Waals surface area contributed by atoms with Crippen LogP contribution in [-0.4, -0.2) is 26.2 Å². The molecule has 0 aliphatic rings. The molecule has 2 aromatic heterocycles. The van der Waals surface area contributed by atoms with E-state index in [0.717, 1.165) is 31.2 Å². The Bertz CT molecular complexity index is 1230. The number of nitrogens with zero attached hydrogens (tertiary/aromatic N) is 2. The highest BCUT2D eigenvalue weighted by molar-refractivity contribution is 8.00. The van der Waals surface area contributed by atoms with Crippen LogP contribution in [0.5, 0.6) is 5.75 Å². The second-order valence-corrected chi connectivity index (χ2v) is 9.64. The standard InChI is InChI=1S/C22H18ClN3O2S2/c1-12-18(14-6-4-3-5-7-14)19-21(29-12)24-11-25-22(19)30-13(2)20(28)26-16-10-15(23)8-9-17(16)27/h3-11,13,27H,1-2H3,(H,26,28). The number of phenolic OH excluding ortho intramolecular Hbond substituents is 1. The van der Waals surface area contributed by atoms with Crippen LogP contribution in [0.4, 0.5) is 5.69 Å². The van der Waals surface area contributed by atoms with Crippen molar-refractivity contribution in [2.75, 3.05) is 5.32 Å². The predicted octanol–water partition coefficient (Wildman–Crippen LogP) is 6.15. The van der Waals surface area contributed by atoms with E-state index in [-0.39, 0.29) is 17.3 Å². The van der Waals surface area contributed by atoms with Crippen LogP contribution in [0.1, 0.15) is 11.8 Å². The first-order valence-electron chi connectivity index (χ1n) is 9.19. The molecular weight excluding hydrogens is 438 g/mol. The minimum absolute atomic E-state index is 0.0331. The molecule has 0 saturated carbocycles. The summed E-state index contributed by atoms with van der Waals surface area (Å²) in [4.78, 5) is 23.7. The van der Waals surface area contributed by atoms with Crippen LogP contribution in [0.25, 0.3) is 21.3 Å². The second-order valence-electron chi connectivity index (χ2n) is 6.67. The van der Waals surface area contributed by atoms with Gasteiger partial charge in [0.25, 0.3) is 0 Å². The van der Waals surface area contributed by atoms with Crippen LogP contribution in [-0.2, 0) is 4.79 Å². The summed E-state index contributed by atoms with van der Waals surface area (Å²) in [6.07, 6.45) is 1.53. The number of aromatic nitrogens is 2. The van der Waals surface area contributed by atoms with Crippen molar-refractivity contribution in [2.45, 2.75) is 24.1 Å². The summed E-state index contributed by atoms with van der Waals surface area (Å²) in [6, 6.07) is 14.6. The van der Waals surface area contributed by atoms with E-state index >= 15 is 0 Å². The Kier molecular flexibility index (Phi) is 5.94. The molecule has 2 aromatic carbocycles. The van der Waals surface area contributed by atoms with E-state index in [1.54, 1.807) is 24.3 Å². The van der Waals surface area contributed by atoms with E-state index < -0.39 is 5.25 Å². The van der Waals surface area contributed by atoms with Crippen molar-refractivity contribution in [2.24, 2.45) is 0 Å². The number of aromatic hydroxyl groups is 1. The van der Waals surface area contributed by atoms with Crippen molar-refractivity contribution in [3.05, 3.63) is 64.8 Å². The molecule has 4 aromatic rings. The first-order valence-corrected chi connectivity index (χ1v) is 11.3. The first kappa shape index (κ1) is 20.7. The Morgan fingerprint density at radius 3 is 2.73 bits per heavy atom. The fourth-order valence-corrected chi connectivity index (χ4v) is 5.30. The summed E-state index contributed by atoms with van der Waals surface area (Å²) in [6.45, 7) is 3.87. The van der Waals surface area contributed by atoms with Crippen LogP contribution in [0.15, 0.2) is 59.9 Å². The van der Waals surface area contributed by atoms with Crippen LogP contribution in [0.2, 0.25) is 5.02 Å². The lowest BCUT2D eigenvalue weighted by atomic mass is 10.0. The van der Waals surface area contributed by atoms with Gasteiger partial charge in [-0.3, -0.25) is 4.79 Å². The van der Waals surface area contributed by atoms with Crippen LogP contribution < -0.4 is 5.32 Å². The third kappa shape index (κ3) is 4.14. The molecule has 0 bridgehead atoms. The Morgan fingerprint density at radius 2 is 1.97 bits per heavy atom. The number of hydrogen-bond donors (Lipinski definition) is 2. The highest BCUT2D eigenvalue weighted by Crippen LogP contribution is 2.42. The van der Waals surface area contributed by atoms with Gasteiger partial charge >= 0.3 is 0 Å².